The maximum absolute atomic E-state index is 12.8. The zero-order valence-electron chi connectivity index (χ0n) is 18.5. The van der Waals surface area contributed by atoms with Crippen molar-refractivity contribution in [3.05, 3.63) is 77.6 Å². The standard InChI is InChI=1S/C25H28N4O3/c1-3-32-21-11-9-19(10-12-21)24(30)29-15-13-18(14-16-29)22-17-23(27-26-22)25(31)28(2)20-7-5-4-6-8-20/h4-12,17-18H,3,13-16H2,1-2H3,(H,26,27). The number of hydrogen-bond acceptors (Lipinski definition) is 4. The Bertz CT molecular complexity index is 1050. The molecule has 1 aliphatic heterocycles. The number of H-pyrrole nitrogens is 1. The molecule has 0 spiro atoms. The first-order chi connectivity index (χ1) is 15.6. The molecule has 3 aromatic rings. The zero-order chi connectivity index (χ0) is 22.5. The van der Waals surface area contributed by atoms with E-state index in [1.165, 1.54) is 0 Å². The number of nitrogens with one attached hydrogen (secondary N) is 1. The molecule has 0 bridgehead atoms. The monoisotopic (exact) mass is 432 g/mol. The number of ether oxygens (including phenoxy) is 1. The van der Waals surface area contributed by atoms with E-state index >= 15 is 0 Å². The number of para-hydroxylation sites is 1. The van der Waals surface area contributed by atoms with Crippen molar-refractivity contribution in [3.8, 4) is 5.75 Å². The molecule has 0 saturated carbocycles. The molecule has 7 heteroatoms. The van der Waals surface area contributed by atoms with E-state index in [1.54, 1.807) is 11.9 Å². The van der Waals surface area contributed by atoms with Gasteiger partial charge in [0.15, 0.2) is 5.69 Å². The number of nitrogens with zero attached hydrogens (tertiary/aromatic N) is 3. The van der Waals surface area contributed by atoms with Gasteiger partial charge in [-0.05, 0) is 62.2 Å². The molecule has 0 radical (unpaired) electrons. The summed E-state index contributed by atoms with van der Waals surface area (Å²) in [7, 11) is 1.75. The van der Waals surface area contributed by atoms with E-state index in [2.05, 4.69) is 10.2 Å². The normalized spacial score (nSPS) is 14.2. The highest BCUT2D eigenvalue weighted by Gasteiger charge is 2.27. The van der Waals surface area contributed by atoms with Crippen molar-refractivity contribution in [2.24, 2.45) is 0 Å². The molecule has 32 heavy (non-hydrogen) atoms. The first kappa shape index (κ1) is 21.6. The minimum absolute atomic E-state index is 0.0384. The Balaban J connectivity index is 1.35. The third kappa shape index (κ3) is 4.66. The number of carbonyl (C=O) groups is 2. The van der Waals surface area contributed by atoms with Crippen LogP contribution in [0.1, 0.15) is 52.2 Å². The van der Waals surface area contributed by atoms with Crippen molar-refractivity contribution in [2.75, 3.05) is 31.6 Å². The van der Waals surface area contributed by atoms with Gasteiger partial charge in [0.05, 0.1) is 6.61 Å². The van der Waals surface area contributed by atoms with Crippen LogP contribution in [0, 0.1) is 0 Å². The van der Waals surface area contributed by atoms with Crippen molar-refractivity contribution in [3.63, 3.8) is 0 Å². The number of carbonyl (C=O) groups excluding carboxylic acids is 2. The average Bonchev–Trinajstić information content (AvgIpc) is 3.34. The number of piperidine rings is 1. The number of anilines is 1. The van der Waals surface area contributed by atoms with E-state index in [4.69, 9.17) is 4.74 Å². The number of amides is 2. The molecule has 1 N–H and O–H groups in total. The summed E-state index contributed by atoms with van der Waals surface area (Å²) in [5, 5.41) is 7.30. The first-order valence-corrected chi connectivity index (χ1v) is 11.0. The molecule has 4 rings (SSSR count). The Morgan fingerprint density at radius 3 is 2.44 bits per heavy atom. The second-order valence-corrected chi connectivity index (χ2v) is 7.93. The lowest BCUT2D eigenvalue weighted by Gasteiger charge is -2.31. The molecule has 166 valence electrons. The summed E-state index contributed by atoms with van der Waals surface area (Å²) in [4.78, 5) is 29.1. The predicted molar refractivity (Wildman–Crippen MR) is 123 cm³/mol. The van der Waals surface area contributed by atoms with Crippen LogP contribution in [0.5, 0.6) is 5.75 Å². The van der Waals surface area contributed by atoms with Gasteiger partial charge >= 0.3 is 0 Å². The second-order valence-electron chi connectivity index (χ2n) is 7.93. The molecule has 1 fully saturated rings. The van der Waals surface area contributed by atoms with E-state index in [9.17, 15) is 9.59 Å². The van der Waals surface area contributed by atoms with Crippen LogP contribution < -0.4 is 9.64 Å². The third-order valence-electron chi connectivity index (χ3n) is 5.90. The molecule has 2 heterocycles. The number of likely N-dealkylation sites (tertiary alicyclic amines) is 1. The summed E-state index contributed by atoms with van der Waals surface area (Å²) in [5.74, 6) is 0.902. The topological polar surface area (TPSA) is 78.5 Å². The highest BCUT2D eigenvalue weighted by atomic mass is 16.5. The predicted octanol–water partition coefficient (Wildman–Crippen LogP) is 4.10. The highest BCUT2D eigenvalue weighted by Crippen LogP contribution is 2.28. The second kappa shape index (κ2) is 9.68. The molecule has 0 aliphatic carbocycles. The van der Waals surface area contributed by atoms with Gasteiger partial charge in [0.1, 0.15) is 5.75 Å². The van der Waals surface area contributed by atoms with E-state index in [0.29, 0.717) is 31.0 Å². The van der Waals surface area contributed by atoms with Gasteiger partial charge < -0.3 is 14.5 Å². The van der Waals surface area contributed by atoms with Crippen molar-refractivity contribution >= 4 is 17.5 Å². The summed E-state index contributed by atoms with van der Waals surface area (Å²) in [6, 6.07) is 18.6. The van der Waals surface area contributed by atoms with Gasteiger partial charge in [-0.25, -0.2) is 0 Å². The Kier molecular flexibility index (Phi) is 6.54. The lowest BCUT2D eigenvalue weighted by molar-refractivity contribution is 0.0712. The Morgan fingerprint density at radius 2 is 1.78 bits per heavy atom. The van der Waals surface area contributed by atoms with Gasteiger partial charge in [-0.15, -0.1) is 0 Å². The summed E-state index contributed by atoms with van der Waals surface area (Å²) in [6.07, 6.45) is 1.65. The van der Waals surface area contributed by atoms with E-state index in [0.717, 1.165) is 30.0 Å². The van der Waals surface area contributed by atoms with Crippen molar-refractivity contribution < 1.29 is 14.3 Å². The minimum Gasteiger partial charge on any atom is -0.494 e. The Labute approximate surface area is 188 Å². The van der Waals surface area contributed by atoms with Gasteiger partial charge in [-0.1, -0.05) is 18.2 Å². The highest BCUT2D eigenvalue weighted by molar-refractivity contribution is 6.04. The lowest BCUT2D eigenvalue weighted by atomic mass is 9.93. The van der Waals surface area contributed by atoms with Crippen LogP contribution in [-0.2, 0) is 0 Å². The Hall–Kier alpha value is -3.61. The number of benzene rings is 2. The van der Waals surface area contributed by atoms with Crippen LogP contribution in [0.4, 0.5) is 5.69 Å². The molecule has 1 aromatic heterocycles. The lowest BCUT2D eigenvalue weighted by Crippen LogP contribution is -2.38. The maximum Gasteiger partial charge on any atom is 0.278 e. The smallest absolute Gasteiger partial charge is 0.278 e. The number of rotatable bonds is 6. The zero-order valence-corrected chi connectivity index (χ0v) is 18.5. The van der Waals surface area contributed by atoms with Gasteiger partial charge in [-0.2, -0.15) is 5.10 Å². The van der Waals surface area contributed by atoms with E-state index in [-0.39, 0.29) is 17.7 Å². The van der Waals surface area contributed by atoms with E-state index in [1.807, 2.05) is 72.5 Å². The van der Waals surface area contributed by atoms with Crippen LogP contribution in [0.25, 0.3) is 0 Å². The van der Waals surface area contributed by atoms with Gasteiger partial charge in [0.25, 0.3) is 11.8 Å². The largest absolute Gasteiger partial charge is 0.494 e. The van der Waals surface area contributed by atoms with Crippen LogP contribution in [0.15, 0.2) is 60.7 Å². The van der Waals surface area contributed by atoms with Gasteiger partial charge in [0, 0.05) is 43.0 Å². The molecule has 2 amide bonds. The maximum atomic E-state index is 12.8. The van der Waals surface area contributed by atoms with Crippen LogP contribution >= 0.6 is 0 Å². The molecular formula is C25H28N4O3. The quantitative estimate of drug-likeness (QED) is 0.636. The summed E-state index contributed by atoms with van der Waals surface area (Å²) < 4.78 is 5.45. The number of hydrogen-bond donors (Lipinski definition) is 1. The van der Waals surface area contributed by atoms with Crippen LogP contribution in [-0.4, -0.2) is 53.7 Å². The van der Waals surface area contributed by atoms with Gasteiger partial charge in [0.2, 0.25) is 0 Å². The molecular weight excluding hydrogens is 404 g/mol. The summed E-state index contributed by atoms with van der Waals surface area (Å²) in [6.45, 7) is 3.87. The van der Waals surface area contributed by atoms with Crippen LogP contribution in [0.3, 0.4) is 0 Å². The molecule has 1 saturated heterocycles. The fraction of sp³-hybridized carbons (Fsp3) is 0.320. The van der Waals surface area contributed by atoms with Crippen molar-refractivity contribution in [2.45, 2.75) is 25.7 Å². The summed E-state index contributed by atoms with van der Waals surface area (Å²) in [5.41, 5.74) is 2.84. The van der Waals surface area contributed by atoms with Crippen molar-refractivity contribution in [1.82, 2.24) is 15.1 Å². The first-order valence-electron chi connectivity index (χ1n) is 11.0. The number of aromatic amines is 1. The third-order valence-corrected chi connectivity index (χ3v) is 5.90. The molecule has 0 unspecified atom stereocenters. The van der Waals surface area contributed by atoms with Gasteiger partial charge in [-0.3, -0.25) is 14.7 Å². The molecule has 1 aliphatic rings. The number of aromatic nitrogens is 2. The van der Waals surface area contributed by atoms with Crippen molar-refractivity contribution in [1.29, 1.82) is 0 Å². The SMILES string of the molecule is CCOc1ccc(C(=O)N2CCC(c3cc(C(=O)N(C)c4ccccc4)n[nH]3)CC2)cc1. The van der Waals surface area contributed by atoms with E-state index < -0.39 is 0 Å². The minimum atomic E-state index is -0.151. The fourth-order valence-electron chi connectivity index (χ4n) is 4.03. The molecule has 0 atom stereocenters. The Morgan fingerprint density at radius 1 is 1.09 bits per heavy atom. The fourth-order valence-corrected chi connectivity index (χ4v) is 4.03. The molecule has 2 aromatic carbocycles. The summed E-state index contributed by atoms with van der Waals surface area (Å²) >= 11 is 0. The van der Waals surface area contributed by atoms with Crippen LogP contribution in [0.2, 0.25) is 0 Å². The average molecular weight is 433 g/mol. The molecule has 7 nitrogen and oxygen atoms in total.